The number of carbonyl (C=O) groups excluding carboxylic acids is 3. The molecule has 194 valence electrons. The molecule has 0 atom stereocenters. The van der Waals surface area contributed by atoms with Crippen LogP contribution in [0.4, 0.5) is 11.4 Å². The van der Waals surface area contributed by atoms with Gasteiger partial charge in [-0.05, 0) is 62.7 Å². The molecule has 36 heavy (non-hydrogen) atoms. The van der Waals surface area contributed by atoms with Crippen molar-refractivity contribution in [2.45, 2.75) is 34.1 Å². The topological polar surface area (TPSA) is 82.2 Å². The SMILES string of the molecule is CCN(CC)C(=O)c1cc(NC(=O)C(C)C)ccc1N1CCCN(C(=O)c2ccc(OC)cc2)CC1. The van der Waals surface area contributed by atoms with Gasteiger partial charge in [-0.15, -0.1) is 0 Å². The molecule has 1 heterocycles. The molecule has 1 aliphatic rings. The molecule has 0 aromatic heterocycles. The van der Waals surface area contributed by atoms with Gasteiger partial charge in [0, 0.05) is 62.1 Å². The second-order valence-electron chi connectivity index (χ2n) is 9.21. The highest BCUT2D eigenvalue weighted by Crippen LogP contribution is 2.28. The van der Waals surface area contributed by atoms with Crippen LogP contribution in [-0.2, 0) is 4.79 Å². The van der Waals surface area contributed by atoms with Gasteiger partial charge in [-0.1, -0.05) is 13.8 Å². The fraction of sp³-hybridized carbons (Fsp3) is 0.464. The van der Waals surface area contributed by atoms with Crippen LogP contribution in [0.3, 0.4) is 0 Å². The van der Waals surface area contributed by atoms with Crippen molar-refractivity contribution in [2.75, 3.05) is 56.6 Å². The number of anilines is 2. The summed E-state index contributed by atoms with van der Waals surface area (Å²) in [6.07, 6.45) is 0.784. The molecular weight excluding hydrogens is 456 g/mol. The summed E-state index contributed by atoms with van der Waals surface area (Å²) in [4.78, 5) is 44.6. The van der Waals surface area contributed by atoms with Gasteiger partial charge in [-0.2, -0.15) is 0 Å². The summed E-state index contributed by atoms with van der Waals surface area (Å²) in [5.74, 6) is 0.390. The minimum atomic E-state index is -0.161. The molecule has 0 bridgehead atoms. The second-order valence-corrected chi connectivity index (χ2v) is 9.21. The Labute approximate surface area is 214 Å². The second kappa shape index (κ2) is 12.4. The Morgan fingerprint density at radius 2 is 1.67 bits per heavy atom. The maximum atomic E-state index is 13.4. The van der Waals surface area contributed by atoms with Crippen molar-refractivity contribution in [3.63, 3.8) is 0 Å². The zero-order valence-electron chi connectivity index (χ0n) is 22.0. The molecule has 1 N–H and O–H groups in total. The van der Waals surface area contributed by atoms with Crippen LogP contribution < -0.4 is 15.0 Å². The summed E-state index contributed by atoms with van der Waals surface area (Å²) in [5.41, 5.74) is 2.63. The Balaban J connectivity index is 1.83. The highest BCUT2D eigenvalue weighted by molar-refractivity contribution is 6.02. The third kappa shape index (κ3) is 6.36. The van der Waals surface area contributed by atoms with Gasteiger partial charge in [-0.25, -0.2) is 0 Å². The summed E-state index contributed by atoms with van der Waals surface area (Å²) >= 11 is 0. The fourth-order valence-corrected chi connectivity index (χ4v) is 4.31. The number of ether oxygens (including phenoxy) is 1. The van der Waals surface area contributed by atoms with E-state index in [0.717, 1.165) is 18.7 Å². The van der Waals surface area contributed by atoms with E-state index in [1.165, 1.54) is 0 Å². The average molecular weight is 495 g/mol. The Morgan fingerprint density at radius 1 is 0.972 bits per heavy atom. The van der Waals surface area contributed by atoms with E-state index in [1.807, 2.05) is 44.7 Å². The summed E-state index contributed by atoms with van der Waals surface area (Å²) in [6.45, 7) is 11.3. The van der Waals surface area contributed by atoms with Crippen molar-refractivity contribution in [2.24, 2.45) is 5.92 Å². The van der Waals surface area contributed by atoms with Gasteiger partial charge in [0.1, 0.15) is 5.75 Å². The summed E-state index contributed by atoms with van der Waals surface area (Å²) in [5, 5.41) is 2.91. The van der Waals surface area contributed by atoms with Crippen molar-refractivity contribution < 1.29 is 19.1 Å². The molecule has 0 radical (unpaired) electrons. The van der Waals surface area contributed by atoms with Crippen LogP contribution in [0, 0.1) is 5.92 Å². The van der Waals surface area contributed by atoms with Crippen molar-refractivity contribution in [1.29, 1.82) is 0 Å². The van der Waals surface area contributed by atoms with Gasteiger partial charge < -0.3 is 24.8 Å². The van der Waals surface area contributed by atoms with Crippen LogP contribution in [0.2, 0.25) is 0 Å². The third-order valence-electron chi connectivity index (χ3n) is 6.53. The molecule has 2 aromatic carbocycles. The van der Waals surface area contributed by atoms with E-state index in [-0.39, 0.29) is 23.6 Å². The Hall–Kier alpha value is -3.55. The number of nitrogens with one attached hydrogen (secondary N) is 1. The zero-order valence-corrected chi connectivity index (χ0v) is 22.0. The Bertz CT molecular complexity index is 1060. The van der Waals surface area contributed by atoms with E-state index in [0.29, 0.717) is 55.3 Å². The molecule has 1 aliphatic heterocycles. The van der Waals surface area contributed by atoms with Crippen molar-refractivity contribution in [3.05, 3.63) is 53.6 Å². The number of carbonyl (C=O) groups is 3. The van der Waals surface area contributed by atoms with Crippen molar-refractivity contribution in [3.8, 4) is 5.75 Å². The lowest BCUT2D eigenvalue weighted by Crippen LogP contribution is -2.36. The maximum Gasteiger partial charge on any atom is 0.256 e. The van der Waals surface area contributed by atoms with Gasteiger partial charge in [0.05, 0.1) is 12.7 Å². The standard InChI is InChI=1S/C28H38N4O4/c1-6-30(7-2)28(35)24-19-22(29-26(33)20(3)4)11-14-25(24)31-15-8-16-32(18-17-31)27(34)21-9-12-23(36-5)13-10-21/h9-14,19-20H,6-8,15-18H2,1-5H3,(H,29,33). The van der Waals surface area contributed by atoms with Gasteiger partial charge in [-0.3, -0.25) is 14.4 Å². The first-order valence-corrected chi connectivity index (χ1v) is 12.7. The Kier molecular flexibility index (Phi) is 9.33. The number of nitrogens with zero attached hydrogens (tertiary/aromatic N) is 3. The van der Waals surface area contributed by atoms with Crippen molar-refractivity contribution >= 4 is 29.1 Å². The molecule has 0 aliphatic carbocycles. The molecule has 8 heteroatoms. The van der Waals surface area contributed by atoms with Crippen LogP contribution in [0.5, 0.6) is 5.75 Å². The summed E-state index contributed by atoms with van der Waals surface area (Å²) < 4.78 is 5.20. The molecule has 8 nitrogen and oxygen atoms in total. The predicted octanol–water partition coefficient (Wildman–Crippen LogP) is 4.12. The number of hydrogen-bond donors (Lipinski definition) is 1. The molecule has 0 spiro atoms. The quantitative estimate of drug-likeness (QED) is 0.597. The molecule has 3 amide bonds. The minimum Gasteiger partial charge on any atom is -0.497 e. The van der Waals surface area contributed by atoms with Crippen molar-refractivity contribution in [1.82, 2.24) is 9.80 Å². The van der Waals surface area contributed by atoms with E-state index < -0.39 is 0 Å². The molecule has 0 unspecified atom stereocenters. The molecule has 1 saturated heterocycles. The highest BCUT2D eigenvalue weighted by atomic mass is 16.5. The molecule has 3 rings (SSSR count). The number of methoxy groups -OCH3 is 1. The number of hydrogen-bond acceptors (Lipinski definition) is 5. The van der Waals surface area contributed by atoms with Crippen LogP contribution >= 0.6 is 0 Å². The fourth-order valence-electron chi connectivity index (χ4n) is 4.31. The van der Waals surface area contributed by atoms with Crippen LogP contribution in [-0.4, -0.2) is 73.9 Å². The van der Waals surface area contributed by atoms with E-state index in [9.17, 15) is 14.4 Å². The number of benzene rings is 2. The van der Waals surface area contributed by atoms with E-state index >= 15 is 0 Å². The molecule has 1 fully saturated rings. The maximum absolute atomic E-state index is 13.4. The van der Waals surface area contributed by atoms with Gasteiger partial charge in [0.15, 0.2) is 0 Å². The van der Waals surface area contributed by atoms with E-state index in [1.54, 1.807) is 42.3 Å². The normalized spacial score (nSPS) is 13.8. The Morgan fingerprint density at radius 3 is 2.28 bits per heavy atom. The van der Waals surface area contributed by atoms with Crippen LogP contribution in [0.25, 0.3) is 0 Å². The zero-order chi connectivity index (χ0) is 26.2. The van der Waals surface area contributed by atoms with E-state index in [2.05, 4.69) is 10.2 Å². The summed E-state index contributed by atoms with van der Waals surface area (Å²) in [6, 6.07) is 12.7. The monoisotopic (exact) mass is 494 g/mol. The number of rotatable bonds is 8. The molecular formula is C28H38N4O4. The van der Waals surface area contributed by atoms with Gasteiger partial charge in [0.2, 0.25) is 5.91 Å². The minimum absolute atomic E-state index is 0.00862. The lowest BCUT2D eigenvalue weighted by molar-refractivity contribution is -0.118. The average Bonchev–Trinajstić information content (AvgIpc) is 3.15. The molecule has 2 aromatic rings. The lowest BCUT2D eigenvalue weighted by atomic mass is 10.1. The number of amides is 3. The van der Waals surface area contributed by atoms with Gasteiger partial charge >= 0.3 is 0 Å². The summed E-state index contributed by atoms with van der Waals surface area (Å²) in [7, 11) is 1.60. The smallest absolute Gasteiger partial charge is 0.256 e. The first-order valence-electron chi connectivity index (χ1n) is 12.7. The van der Waals surface area contributed by atoms with Gasteiger partial charge in [0.25, 0.3) is 11.8 Å². The van der Waals surface area contributed by atoms with E-state index in [4.69, 9.17) is 4.74 Å². The predicted molar refractivity (Wildman–Crippen MR) is 143 cm³/mol. The highest BCUT2D eigenvalue weighted by Gasteiger charge is 2.25. The third-order valence-corrected chi connectivity index (χ3v) is 6.53. The van der Waals surface area contributed by atoms with Crippen LogP contribution in [0.1, 0.15) is 54.8 Å². The first-order chi connectivity index (χ1) is 17.3. The van der Waals surface area contributed by atoms with Crippen LogP contribution in [0.15, 0.2) is 42.5 Å². The lowest BCUT2D eigenvalue weighted by Gasteiger charge is -2.28. The largest absolute Gasteiger partial charge is 0.497 e. The molecule has 0 saturated carbocycles. The first kappa shape index (κ1) is 27.0.